The average molecular weight is 292 g/mol. The van der Waals surface area contributed by atoms with Crippen molar-refractivity contribution >= 4 is 5.69 Å². The first-order valence-corrected chi connectivity index (χ1v) is 8.35. The predicted octanol–water partition coefficient (Wildman–Crippen LogP) is 4.02. The summed E-state index contributed by atoms with van der Waals surface area (Å²) in [5.41, 5.74) is 8.10. The summed E-state index contributed by atoms with van der Waals surface area (Å²) in [5.74, 6) is 1.33. The number of rotatable bonds is 11. The van der Waals surface area contributed by atoms with E-state index in [-0.39, 0.29) is 0 Å². The van der Waals surface area contributed by atoms with Crippen LogP contribution in [0.5, 0.6) is 5.75 Å². The van der Waals surface area contributed by atoms with Crippen molar-refractivity contribution in [1.29, 1.82) is 0 Å². The van der Waals surface area contributed by atoms with Crippen molar-refractivity contribution in [2.45, 2.75) is 52.9 Å². The smallest absolute Gasteiger partial charge is 0.142 e. The maximum absolute atomic E-state index is 6.05. The summed E-state index contributed by atoms with van der Waals surface area (Å²) in [6.45, 7) is 9.44. The van der Waals surface area contributed by atoms with Gasteiger partial charge in [0.2, 0.25) is 0 Å². The fraction of sp³-hybridized carbons (Fsp3) is 0.667. The van der Waals surface area contributed by atoms with Crippen molar-refractivity contribution in [3.8, 4) is 5.75 Å². The van der Waals surface area contributed by atoms with E-state index >= 15 is 0 Å². The minimum Gasteiger partial charge on any atom is -0.491 e. The third-order valence-corrected chi connectivity index (χ3v) is 3.42. The van der Waals surface area contributed by atoms with E-state index in [0.29, 0.717) is 12.5 Å². The summed E-state index contributed by atoms with van der Waals surface area (Å²) < 4.78 is 5.70. The van der Waals surface area contributed by atoms with Gasteiger partial charge in [0.25, 0.3) is 0 Å². The lowest BCUT2D eigenvalue weighted by molar-refractivity contribution is 0.272. The first kappa shape index (κ1) is 17.8. The van der Waals surface area contributed by atoms with Gasteiger partial charge in [-0.2, -0.15) is 0 Å². The average Bonchev–Trinajstić information content (AvgIpc) is 2.45. The lowest BCUT2D eigenvalue weighted by Crippen LogP contribution is -2.17. The van der Waals surface area contributed by atoms with E-state index in [2.05, 4.69) is 32.2 Å². The lowest BCUT2D eigenvalue weighted by Gasteiger charge is -2.12. The molecule has 0 aliphatic carbocycles. The van der Waals surface area contributed by atoms with E-state index in [1.54, 1.807) is 0 Å². The molecule has 1 rings (SSSR count). The summed E-state index contributed by atoms with van der Waals surface area (Å²) in [6.07, 6.45) is 6.10. The zero-order valence-corrected chi connectivity index (χ0v) is 14.0. The molecular weight excluding hydrogens is 260 g/mol. The highest BCUT2D eigenvalue weighted by Crippen LogP contribution is 2.23. The van der Waals surface area contributed by atoms with Crippen LogP contribution in [-0.2, 0) is 6.42 Å². The van der Waals surface area contributed by atoms with Crippen molar-refractivity contribution in [3.63, 3.8) is 0 Å². The lowest BCUT2D eigenvalue weighted by atomic mass is 10.1. The van der Waals surface area contributed by atoms with Gasteiger partial charge in [-0.1, -0.05) is 39.7 Å². The number of nitrogens with two attached hydrogens (primary N) is 1. The zero-order valence-electron chi connectivity index (χ0n) is 14.0. The van der Waals surface area contributed by atoms with Gasteiger partial charge in [0.1, 0.15) is 5.75 Å². The largest absolute Gasteiger partial charge is 0.491 e. The predicted molar refractivity (Wildman–Crippen MR) is 91.9 cm³/mol. The molecule has 0 unspecified atom stereocenters. The van der Waals surface area contributed by atoms with Crippen molar-refractivity contribution < 1.29 is 4.74 Å². The number of ether oxygens (including phenoxy) is 1. The van der Waals surface area contributed by atoms with Crippen LogP contribution in [0.1, 0.15) is 52.0 Å². The summed E-state index contributed by atoms with van der Waals surface area (Å²) in [4.78, 5) is 0. The van der Waals surface area contributed by atoms with Crippen LogP contribution in [0.4, 0.5) is 5.69 Å². The Balaban J connectivity index is 2.25. The molecule has 3 N–H and O–H groups in total. The topological polar surface area (TPSA) is 47.3 Å². The summed E-state index contributed by atoms with van der Waals surface area (Å²) in [7, 11) is 0. The molecule has 120 valence electrons. The van der Waals surface area contributed by atoms with Crippen molar-refractivity contribution in [2.75, 3.05) is 25.4 Å². The van der Waals surface area contributed by atoms with Crippen LogP contribution in [0.2, 0.25) is 0 Å². The highest BCUT2D eigenvalue weighted by atomic mass is 16.5. The summed E-state index contributed by atoms with van der Waals surface area (Å²) >= 11 is 0. The number of hydrogen-bond donors (Lipinski definition) is 2. The first-order chi connectivity index (χ1) is 10.1. The molecule has 21 heavy (non-hydrogen) atoms. The Morgan fingerprint density at radius 3 is 2.57 bits per heavy atom. The molecular formula is C18H32N2O. The minimum absolute atomic E-state index is 0.517. The Labute approximate surface area is 130 Å². The van der Waals surface area contributed by atoms with Gasteiger partial charge in [-0.3, -0.25) is 0 Å². The molecule has 3 heteroatoms. The fourth-order valence-corrected chi connectivity index (χ4v) is 2.18. The van der Waals surface area contributed by atoms with Gasteiger partial charge >= 0.3 is 0 Å². The van der Waals surface area contributed by atoms with Gasteiger partial charge in [-0.25, -0.2) is 0 Å². The second-order valence-corrected chi connectivity index (χ2v) is 6.14. The number of aryl methyl sites for hydroxylation is 1. The van der Waals surface area contributed by atoms with Crippen molar-refractivity contribution in [1.82, 2.24) is 5.32 Å². The van der Waals surface area contributed by atoms with E-state index < -0.39 is 0 Å². The second kappa shape index (κ2) is 10.5. The SMILES string of the molecule is CCCCCNCCCc1ccc(OCC(C)C)c(N)c1. The van der Waals surface area contributed by atoms with Crippen LogP contribution in [0, 0.1) is 5.92 Å². The monoisotopic (exact) mass is 292 g/mol. The molecule has 0 atom stereocenters. The highest BCUT2D eigenvalue weighted by Gasteiger charge is 2.03. The Morgan fingerprint density at radius 2 is 1.90 bits per heavy atom. The minimum atomic E-state index is 0.517. The molecule has 1 aromatic rings. The van der Waals surface area contributed by atoms with Gasteiger partial charge < -0.3 is 15.8 Å². The normalized spacial score (nSPS) is 11.0. The maximum Gasteiger partial charge on any atom is 0.142 e. The van der Waals surface area contributed by atoms with E-state index in [1.807, 2.05) is 12.1 Å². The van der Waals surface area contributed by atoms with Crippen molar-refractivity contribution in [3.05, 3.63) is 23.8 Å². The summed E-state index contributed by atoms with van der Waals surface area (Å²) in [5, 5.41) is 3.49. The van der Waals surface area contributed by atoms with Crippen LogP contribution in [0.15, 0.2) is 18.2 Å². The third kappa shape index (κ3) is 7.96. The first-order valence-electron chi connectivity index (χ1n) is 8.35. The molecule has 0 bridgehead atoms. The van der Waals surface area contributed by atoms with E-state index in [4.69, 9.17) is 10.5 Å². The molecule has 0 spiro atoms. The molecule has 0 fully saturated rings. The highest BCUT2D eigenvalue weighted by molar-refractivity contribution is 5.54. The van der Waals surface area contributed by atoms with Crippen LogP contribution >= 0.6 is 0 Å². The van der Waals surface area contributed by atoms with Gasteiger partial charge in [-0.05, 0) is 56.0 Å². The number of hydrogen-bond acceptors (Lipinski definition) is 3. The Bertz CT molecular complexity index is 391. The summed E-state index contributed by atoms with van der Waals surface area (Å²) in [6, 6.07) is 6.18. The molecule has 0 aliphatic heterocycles. The Morgan fingerprint density at radius 1 is 1.14 bits per heavy atom. The molecule has 0 amide bonds. The fourth-order valence-electron chi connectivity index (χ4n) is 2.18. The molecule has 0 radical (unpaired) electrons. The van der Waals surface area contributed by atoms with Gasteiger partial charge in [0.15, 0.2) is 0 Å². The van der Waals surface area contributed by atoms with Crippen LogP contribution in [0.3, 0.4) is 0 Å². The number of unbranched alkanes of at least 4 members (excludes halogenated alkanes) is 2. The van der Waals surface area contributed by atoms with Crippen LogP contribution in [-0.4, -0.2) is 19.7 Å². The van der Waals surface area contributed by atoms with Crippen LogP contribution in [0.25, 0.3) is 0 Å². The molecule has 0 aromatic heterocycles. The third-order valence-electron chi connectivity index (χ3n) is 3.42. The van der Waals surface area contributed by atoms with Crippen molar-refractivity contribution in [2.24, 2.45) is 5.92 Å². The number of nitrogen functional groups attached to an aromatic ring is 1. The number of benzene rings is 1. The molecule has 0 aliphatic rings. The van der Waals surface area contributed by atoms with Gasteiger partial charge in [0.05, 0.1) is 12.3 Å². The second-order valence-electron chi connectivity index (χ2n) is 6.14. The number of nitrogens with one attached hydrogen (secondary N) is 1. The molecule has 0 saturated heterocycles. The molecule has 0 heterocycles. The molecule has 3 nitrogen and oxygen atoms in total. The molecule has 1 aromatic carbocycles. The van der Waals surface area contributed by atoms with E-state index in [9.17, 15) is 0 Å². The van der Waals surface area contributed by atoms with Gasteiger partial charge in [0, 0.05) is 0 Å². The van der Waals surface area contributed by atoms with E-state index in [0.717, 1.165) is 37.4 Å². The van der Waals surface area contributed by atoms with E-state index in [1.165, 1.54) is 24.8 Å². The molecule has 0 saturated carbocycles. The number of anilines is 1. The van der Waals surface area contributed by atoms with Crippen LogP contribution < -0.4 is 15.8 Å². The van der Waals surface area contributed by atoms with Gasteiger partial charge in [-0.15, -0.1) is 0 Å². The Kier molecular flexibility index (Phi) is 8.91. The maximum atomic E-state index is 6.05. The Hall–Kier alpha value is -1.22. The zero-order chi connectivity index (χ0) is 15.5. The standard InChI is InChI=1S/C18H32N2O/c1-4-5-6-11-20-12-7-8-16-9-10-18(17(19)13-16)21-14-15(2)3/h9-10,13,15,20H,4-8,11-12,14,19H2,1-3H3. The quantitative estimate of drug-likeness (QED) is 0.478.